The van der Waals surface area contributed by atoms with Crippen molar-refractivity contribution in [1.29, 1.82) is 0 Å². The summed E-state index contributed by atoms with van der Waals surface area (Å²) in [7, 11) is 0. The Labute approximate surface area is 176 Å². The zero-order valence-corrected chi connectivity index (χ0v) is 19.1. The van der Waals surface area contributed by atoms with E-state index < -0.39 is 0 Å². The lowest BCUT2D eigenvalue weighted by Crippen LogP contribution is -2.55. The van der Waals surface area contributed by atoms with Gasteiger partial charge in [-0.1, -0.05) is 30.6 Å². The van der Waals surface area contributed by atoms with Crippen LogP contribution in [-0.2, 0) is 9.59 Å². The van der Waals surface area contributed by atoms with E-state index in [2.05, 4.69) is 27.7 Å². The number of hydrogen-bond acceptors (Lipinski definition) is 2. The lowest BCUT2D eigenvalue weighted by atomic mass is 9.43. The largest absolute Gasteiger partial charge is 0.299 e. The molecule has 3 saturated carbocycles. The molecule has 5 aliphatic carbocycles. The number of ketones is 2. The van der Waals surface area contributed by atoms with Gasteiger partial charge in [0.1, 0.15) is 5.78 Å². The number of allylic oxidation sites excluding steroid dienone is 3. The summed E-state index contributed by atoms with van der Waals surface area (Å²) in [4.78, 5) is 25.4. The zero-order chi connectivity index (χ0) is 20.8. The van der Waals surface area contributed by atoms with Crippen molar-refractivity contribution in [1.82, 2.24) is 0 Å². The fraction of sp³-hybridized carbons (Fsp3) is 0.778. The summed E-state index contributed by atoms with van der Waals surface area (Å²) >= 11 is 0. The minimum absolute atomic E-state index is 0.133. The quantitative estimate of drug-likeness (QED) is 0.479. The molecule has 0 unspecified atom stereocenters. The maximum atomic E-state index is 13.3. The van der Waals surface area contributed by atoms with Crippen molar-refractivity contribution < 1.29 is 9.59 Å². The van der Waals surface area contributed by atoms with Crippen molar-refractivity contribution in [3.05, 3.63) is 22.8 Å². The lowest BCUT2D eigenvalue weighted by molar-refractivity contribution is -0.145. The summed E-state index contributed by atoms with van der Waals surface area (Å²) in [5.74, 6) is 3.44. The zero-order valence-electron chi connectivity index (χ0n) is 19.1. The van der Waals surface area contributed by atoms with Gasteiger partial charge in [0.2, 0.25) is 0 Å². The Kier molecular flexibility index (Phi) is 4.21. The van der Waals surface area contributed by atoms with Crippen LogP contribution in [0.1, 0.15) is 92.4 Å². The van der Waals surface area contributed by atoms with Crippen LogP contribution in [-0.4, -0.2) is 11.6 Å². The van der Waals surface area contributed by atoms with Gasteiger partial charge in [0.05, 0.1) is 0 Å². The number of rotatable bonds is 1. The van der Waals surface area contributed by atoms with E-state index in [1.54, 1.807) is 0 Å². The van der Waals surface area contributed by atoms with E-state index in [1.807, 2.05) is 13.0 Å². The van der Waals surface area contributed by atoms with Crippen molar-refractivity contribution in [2.24, 2.45) is 39.9 Å². The molecule has 2 heteroatoms. The van der Waals surface area contributed by atoms with Crippen LogP contribution in [0.4, 0.5) is 0 Å². The minimum Gasteiger partial charge on any atom is -0.299 e. The van der Waals surface area contributed by atoms with E-state index in [0.717, 1.165) is 38.0 Å². The highest BCUT2D eigenvalue weighted by molar-refractivity contribution is 5.91. The van der Waals surface area contributed by atoms with E-state index in [4.69, 9.17) is 0 Å². The van der Waals surface area contributed by atoms with Crippen molar-refractivity contribution in [3.63, 3.8) is 0 Å². The fourth-order valence-electron chi connectivity index (χ4n) is 9.37. The summed E-state index contributed by atoms with van der Waals surface area (Å²) in [6.07, 6.45) is 11.9. The van der Waals surface area contributed by atoms with Crippen molar-refractivity contribution in [2.75, 3.05) is 0 Å². The van der Waals surface area contributed by atoms with Crippen molar-refractivity contribution in [2.45, 2.75) is 92.4 Å². The monoisotopic (exact) mass is 394 g/mol. The first-order chi connectivity index (χ1) is 13.6. The number of hydrogen-bond donors (Lipinski definition) is 0. The van der Waals surface area contributed by atoms with Crippen LogP contribution in [0.15, 0.2) is 22.8 Å². The molecule has 158 valence electrons. The summed E-state index contributed by atoms with van der Waals surface area (Å²) < 4.78 is 0. The molecule has 3 fully saturated rings. The van der Waals surface area contributed by atoms with Crippen molar-refractivity contribution >= 4 is 11.6 Å². The molecule has 0 spiro atoms. The Morgan fingerprint density at radius 3 is 2.52 bits per heavy atom. The maximum absolute atomic E-state index is 13.3. The highest BCUT2D eigenvalue weighted by atomic mass is 16.1. The van der Waals surface area contributed by atoms with Gasteiger partial charge < -0.3 is 0 Å². The van der Waals surface area contributed by atoms with Crippen LogP contribution >= 0.6 is 0 Å². The Morgan fingerprint density at radius 2 is 1.79 bits per heavy atom. The standard InChI is InChI=1S/C27H38O2/c1-16-12-20-14-24-22-7-6-19-13-21(29)8-10-25(19,4)23(22)9-11-26(24,5)27(20,18(3)28)15-17(16)2/h13,20,22-24H,6-12,14-15H2,1-5H3/t20-,22-,23+,24+,25-,26+,27+/m0/s1. The molecule has 0 aromatic carbocycles. The van der Waals surface area contributed by atoms with Crippen LogP contribution in [0.25, 0.3) is 0 Å². The van der Waals surface area contributed by atoms with Gasteiger partial charge in [0.15, 0.2) is 5.78 Å². The van der Waals surface area contributed by atoms with Gasteiger partial charge in [-0.3, -0.25) is 9.59 Å². The minimum atomic E-state index is -0.133. The SMILES string of the molecule is CC(=O)[C@]12CC(C)=C(C)C[C@H]1C[C@@H]1[C@H]3CCC4=CC(=O)CC[C@]4(C)[C@@H]3CC[C@]12C. The first kappa shape index (κ1) is 19.8. The topological polar surface area (TPSA) is 34.1 Å². The van der Waals surface area contributed by atoms with E-state index in [1.165, 1.54) is 42.4 Å². The fourth-order valence-corrected chi connectivity index (χ4v) is 9.37. The molecule has 0 bridgehead atoms. The molecular weight excluding hydrogens is 356 g/mol. The summed E-state index contributed by atoms with van der Waals surface area (Å²) in [6, 6.07) is 0. The Morgan fingerprint density at radius 1 is 1.03 bits per heavy atom. The Hall–Kier alpha value is -1.18. The number of fused-ring (bicyclic) bond motifs is 7. The third kappa shape index (κ3) is 2.35. The van der Waals surface area contributed by atoms with Crippen LogP contribution in [0, 0.1) is 39.9 Å². The third-order valence-corrected chi connectivity index (χ3v) is 11.1. The molecule has 29 heavy (non-hydrogen) atoms. The molecular formula is C27H38O2. The highest BCUT2D eigenvalue weighted by Gasteiger charge is 2.69. The van der Waals surface area contributed by atoms with Crippen molar-refractivity contribution in [3.8, 4) is 0 Å². The van der Waals surface area contributed by atoms with Gasteiger partial charge in [0.25, 0.3) is 0 Å². The smallest absolute Gasteiger partial charge is 0.155 e. The average molecular weight is 395 g/mol. The molecule has 0 amide bonds. The van der Waals surface area contributed by atoms with Crippen LogP contribution < -0.4 is 0 Å². The molecule has 5 rings (SSSR count). The molecule has 0 aromatic heterocycles. The Bertz CT molecular complexity index is 847. The predicted octanol–water partition coefficient (Wildman–Crippen LogP) is 6.45. The molecule has 0 heterocycles. The van der Waals surface area contributed by atoms with Gasteiger partial charge in [-0.05, 0) is 113 Å². The maximum Gasteiger partial charge on any atom is 0.155 e. The highest BCUT2D eigenvalue weighted by Crippen LogP contribution is 2.74. The van der Waals surface area contributed by atoms with E-state index in [0.29, 0.717) is 29.3 Å². The van der Waals surface area contributed by atoms with E-state index in [9.17, 15) is 9.59 Å². The molecule has 0 aliphatic heterocycles. The van der Waals surface area contributed by atoms with Gasteiger partial charge >= 0.3 is 0 Å². The molecule has 0 saturated heterocycles. The predicted molar refractivity (Wildman–Crippen MR) is 116 cm³/mol. The molecule has 5 aliphatic rings. The summed E-state index contributed by atoms with van der Waals surface area (Å²) in [5.41, 5.74) is 4.70. The first-order valence-corrected chi connectivity index (χ1v) is 12.0. The van der Waals surface area contributed by atoms with Crippen LogP contribution in [0.3, 0.4) is 0 Å². The summed E-state index contributed by atoms with van der Waals surface area (Å²) in [6.45, 7) is 11.4. The molecule has 0 radical (unpaired) electrons. The van der Waals surface area contributed by atoms with Gasteiger partial charge in [-0.25, -0.2) is 0 Å². The van der Waals surface area contributed by atoms with Crippen LogP contribution in [0.5, 0.6) is 0 Å². The second kappa shape index (κ2) is 6.17. The summed E-state index contributed by atoms with van der Waals surface area (Å²) in [5, 5.41) is 0. The van der Waals surface area contributed by atoms with E-state index in [-0.39, 0.29) is 16.2 Å². The average Bonchev–Trinajstić information content (AvgIpc) is 2.92. The molecule has 0 aromatic rings. The third-order valence-electron chi connectivity index (χ3n) is 11.1. The number of carbonyl (C=O) groups excluding carboxylic acids is 2. The number of Topliss-reactive ketones (excluding diaryl/α,β-unsaturated/α-hetero) is 1. The normalized spacial score (nSPS) is 49.0. The number of carbonyl (C=O) groups is 2. The van der Waals surface area contributed by atoms with E-state index >= 15 is 0 Å². The second-order valence-electron chi connectivity index (χ2n) is 11.8. The lowest BCUT2D eigenvalue weighted by Gasteiger charge is -2.60. The van der Waals surface area contributed by atoms with Crippen LogP contribution in [0.2, 0.25) is 0 Å². The Balaban J connectivity index is 1.56. The molecule has 0 N–H and O–H groups in total. The van der Waals surface area contributed by atoms with Gasteiger partial charge in [-0.15, -0.1) is 0 Å². The molecule has 2 nitrogen and oxygen atoms in total. The molecule has 7 atom stereocenters. The van der Waals surface area contributed by atoms with Gasteiger partial charge in [-0.2, -0.15) is 0 Å². The van der Waals surface area contributed by atoms with Gasteiger partial charge in [0, 0.05) is 11.8 Å². The first-order valence-electron chi connectivity index (χ1n) is 12.0. The second-order valence-corrected chi connectivity index (χ2v) is 11.8.